The Morgan fingerprint density at radius 2 is 0.879 bits per heavy atom. The van der Waals surface area contributed by atoms with Gasteiger partial charge in [-0.15, -0.1) is 0 Å². The molecule has 1 nitrogen and oxygen atoms in total. The van der Waals surface area contributed by atoms with Gasteiger partial charge in [-0.1, -0.05) is 190 Å². The Hall–Kier alpha value is -7.22. The number of anilines is 3. The van der Waals surface area contributed by atoms with Crippen molar-refractivity contribution in [1.82, 2.24) is 0 Å². The van der Waals surface area contributed by atoms with Gasteiger partial charge in [-0.3, -0.25) is 0 Å². The van der Waals surface area contributed by atoms with Crippen molar-refractivity contribution in [2.24, 2.45) is 0 Å². The molecule has 0 aliphatic heterocycles. The zero-order chi connectivity index (χ0) is 38.8. The zero-order valence-corrected chi connectivity index (χ0v) is 32.7. The van der Waals surface area contributed by atoms with Gasteiger partial charge in [-0.2, -0.15) is 0 Å². The van der Waals surface area contributed by atoms with E-state index < -0.39 is 0 Å². The van der Waals surface area contributed by atoms with E-state index in [0.29, 0.717) is 0 Å². The summed E-state index contributed by atoms with van der Waals surface area (Å²) in [4.78, 5) is 2.58. The van der Waals surface area contributed by atoms with Crippen LogP contribution in [0.4, 0.5) is 17.1 Å². The zero-order valence-electron chi connectivity index (χ0n) is 32.7. The van der Waals surface area contributed by atoms with E-state index in [4.69, 9.17) is 0 Å². The highest BCUT2D eigenvalue weighted by atomic mass is 15.2. The molecule has 0 aromatic heterocycles. The van der Waals surface area contributed by atoms with Gasteiger partial charge in [0.25, 0.3) is 0 Å². The Labute approximate surface area is 340 Å². The minimum absolute atomic E-state index is 0.197. The van der Waals surface area contributed by atoms with E-state index in [0.717, 1.165) is 11.4 Å². The summed E-state index contributed by atoms with van der Waals surface area (Å²) in [6.45, 7) is 4.78. The number of hydrogen-bond donors (Lipinski definition) is 0. The second-order valence-corrected chi connectivity index (χ2v) is 16.1. The summed E-state index contributed by atoms with van der Waals surface area (Å²) in [6.07, 6.45) is 0. The third-order valence-electron chi connectivity index (χ3n) is 12.4. The van der Waals surface area contributed by atoms with Gasteiger partial charge < -0.3 is 4.90 Å². The predicted octanol–water partition coefficient (Wildman–Crippen LogP) is 15.9. The third-order valence-corrected chi connectivity index (χ3v) is 12.4. The monoisotopic (exact) mass is 739 g/mol. The molecule has 0 spiro atoms. The van der Waals surface area contributed by atoms with Crippen LogP contribution in [0.25, 0.3) is 76.8 Å². The molecule has 0 fully saturated rings. The minimum atomic E-state index is -0.197. The summed E-state index contributed by atoms with van der Waals surface area (Å²) < 4.78 is 0. The lowest BCUT2D eigenvalue weighted by Crippen LogP contribution is -2.17. The largest absolute Gasteiger partial charge is 0.309 e. The molecule has 1 aliphatic rings. The first kappa shape index (κ1) is 34.1. The van der Waals surface area contributed by atoms with Crippen LogP contribution in [-0.2, 0) is 5.41 Å². The molecular weight excluding hydrogens is 699 g/mol. The van der Waals surface area contributed by atoms with E-state index in [2.05, 4.69) is 231 Å². The molecule has 11 rings (SSSR count). The van der Waals surface area contributed by atoms with Crippen LogP contribution in [0.15, 0.2) is 212 Å². The molecule has 0 saturated carbocycles. The van der Waals surface area contributed by atoms with Crippen molar-refractivity contribution in [1.29, 1.82) is 0 Å². The summed E-state index contributed by atoms with van der Waals surface area (Å²) in [5.74, 6) is 0. The van der Waals surface area contributed by atoms with E-state index in [-0.39, 0.29) is 5.41 Å². The van der Waals surface area contributed by atoms with Crippen molar-refractivity contribution in [2.45, 2.75) is 19.3 Å². The lowest BCUT2D eigenvalue weighted by molar-refractivity contribution is 0.661. The van der Waals surface area contributed by atoms with Crippen LogP contribution in [0.5, 0.6) is 0 Å². The van der Waals surface area contributed by atoms with Crippen molar-refractivity contribution in [2.75, 3.05) is 4.90 Å². The standard InChI is InChI=1S/C57H41N/c1-57(2)50-29-16-30-53(56(50)49-36-42-23-9-10-24-43(42)37-51(49)57)58(52-33-32-44(38-17-5-3-6-18-38)35-48(52)40-19-7-4-8-20-40)54-34-31-41-22-12-14-27-46(41)55(54)47-28-15-25-39-21-11-13-26-45(39)47/h3-37H,1-2H3. The average Bonchev–Trinajstić information content (AvgIpc) is 3.51. The quantitative estimate of drug-likeness (QED) is 0.164. The molecule has 0 saturated heterocycles. The number of rotatable bonds is 6. The van der Waals surface area contributed by atoms with Crippen LogP contribution < -0.4 is 4.90 Å². The van der Waals surface area contributed by atoms with Crippen LogP contribution in [0.1, 0.15) is 25.0 Å². The van der Waals surface area contributed by atoms with Crippen LogP contribution in [-0.4, -0.2) is 0 Å². The Balaban J connectivity index is 1.29. The molecule has 0 atom stereocenters. The Bertz CT molecular complexity index is 3190. The Kier molecular flexibility index (Phi) is 7.91. The first-order valence-electron chi connectivity index (χ1n) is 20.3. The summed E-state index contributed by atoms with van der Waals surface area (Å²) in [7, 11) is 0. The Morgan fingerprint density at radius 1 is 0.310 bits per heavy atom. The highest BCUT2D eigenvalue weighted by Gasteiger charge is 2.39. The second kappa shape index (κ2) is 13.5. The molecule has 1 aliphatic carbocycles. The van der Waals surface area contributed by atoms with Crippen LogP contribution in [0.3, 0.4) is 0 Å². The molecule has 0 amide bonds. The maximum Gasteiger partial charge on any atom is 0.0547 e. The van der Waals surface area contributed by atoms with Gasteiger partial charge in [-0.25, -0.2) is 0 Å². The molecule has 10 aromatic rings. The molecule has 10 aromatic carbocycles. The average molecular weight is 740 g/mol. The fourth-order valence-electron chi connectivity index (χ4n) is 9.59. The first-order chi connectivity index (χ1) is 28.5. The van der Waals surface area contributed by atoms with Gasteiger partial charge in [0.05, 0.1) is 17.1 Å². The van der Waals surface area contributed by atoms with Gasteiger partial charge in [0.2, 0.25) is 0 Å². The molecule has 0 bridgehead atoms. The molecule has 274 valence electrons. The van der Waals surface area contributed by atoms with Gasteiger partial charge in [0.1, 0.15) is 0 Å². The molecule has 0 heterocycles. The maximum absolute atomic E-state index is 2.58. The highest BCUT2D eigenvalue weighted by Crippen LogP contribution is 2.57. The van der Waals surface area contributed by atoms with Crippen molar-refractivity contribution < 1.29 is 0 Å². The van der Waals surface area contributed by atoms with Crippen molar-refractivity contribution in [3.05, 3.63) is 223 Å². The summed E-state index contributed by atoms with van der Waals surface area (Å²) in [6, 6.07) is 78.4. The van der Waals surface area contributed by atoms with Crippen molar-refractivity contribution >= 4 is 49.4 Å². The molecule has 0 unspecified atom stereocenters. The second-order valence-electron chi connectivity index (χ2n) is 16.1. The van der Waals surface area contributed by atoms with Gasteiger partial charge in [0, 0.05) is 22.1 Å². The third kappa shape index (κ3) is 5.39. The topological polar surface area (TPSA) is 3.24 Å². The van der Waals surface area contributed by atoms with Crippen LogP contribution in [0.2, 0.25) is 0 Å². The first-order valence-corrected chi connectivity index (χ1v) is 20.3. The van der Waals surface area contributed by atoms with Crippen molar-refractivity contribution in [3.8, 4) is 44.5 Å². The van der Waals surface area contributed by atoms with Crippen LogP contribution >= 0.6 is 0 Å². The molecular formula is C57H41N. The van der Waals surface area contributed by atoms with E-state index in [1.165, 1.54) is 93.6 Å². The van der Waals surface area contributed by atoms with E-state index in [1.807, 2.05) is 0 Å². The maximum atomic E-state index is 2.58. The number of hydrogen-bond acceptors (Lipinski definition) is 1. The Morgan fingerprint density at radius 3 is 1.64 bits per heavy atom. The van der Waals surface area contributed by atoms with E-state index >= 15 is 0 Å². The van der Waals surface area contributed by atoms with Crippen molar-refractivity contribution in [3.63, 3.8) is 0 Å². The van der Waals surface area contributed by atoms with Gasteiger partial charge >= 0.3 is 0 Å². The summed E-state index contributed by atoms with van der Waals surface area (Å²) in [5, 5.41) is 7.44. The highest BCUT2D eigenvalue weighted by molar-refractivity contribution is 6.13. The van der Waals surface area contributed by atoms with Crippen LogP contribution in [0, 0.1) is 0 Å². The SMILES string of the molecule is CC1(C)c2cc3ccccc3cc2-c2c(N(c3ccc(-c4ccccc4)cc3-c3ccccc3)c3ccc4ccccc4c3-c3cccc4ccccc34)cccc21. The molecule has 58 heavy (non-hydrogen) atoms. The number of benzene rings is 10. The molecule has 0 N–H and O–H groups in total. The van der Waals surface area contributed by atoms with E-state index in [9.17, 15) is 0 Å². The van der Waals surface area contributed by atoms with E-state index in [1.54, 1.807) is 0 Å². The number of fused-ring (bicyclic) bond motifs is 6. The normalized spacial score (nSPS) is 12.8. The minimum Gasteiger partial charge on any atom is -0.309 e. The summed E-state index contributed by atoms with van der Waals surface area (Å²) >= 11 is 0. The fourth-order valence-corrected chi connectivity index (χ4v) is 9.59. The molecule has 0 radical (unpaired) electrons. The molecule has 1 heteroatoms. The van der Waals surface area contributed by atoms with Gasteiger partial charge in [0.15, 0.2) is 0 Å². The fraction of sp³-hybridized carbons (Fsp3) is 0.0526. The lowest BCUT2D eigenvalue weighted by atomic mass is 9.82. The predicted molar refractivity (Wildman–Crippen MR) is 248 cm³/mol. The smallest absolute Gasteiger partial charge is 0.0547 e. The van der Waals surface area contributed by atoms with Gasteiger partial charge in [-0.05, 0) is 108 Å². The summed E-state index contributed by atoms with van der Waals surface area (Å²) in [5.41, 5.74) is 15.7. The number of nitrogens with zero attached hydrogens (tertiary/aromatic N) is 1. The lowest BCUT2D eigenvalue weighted by Gasteiger charge is -2.33.